The Morgan fingerprint density at radius 3 is 1.83 bits per heavy atom. The van der Waals surface area contributed by atoms with Crippen molar-refractivity contribution in [3.8, 4) is 0 Å². The summed E-state index contributed by atoms with van der Waals surface area (Å²) >= 11 is 0. The molecule has 3 aromatic heterocycles. The van der Waals surface area contributed by atoms with E-state index in [1.807, 2.05) is 54.6 Å². The first-order chi connectivity index (χ1) is 14.7. The largest absolute Gasteiger partial charge is 0.257 e. The van der Waals surface area contributed by atoms with Crippen LogP contribution in [-0.2, 0) is 12.8 Å². The molecule has 5 heteroatoms. The Balaban J connectivity index is 1.74. The van der Waals surface area contributed by atoms with Crippen molar-refractivity contribution in [1.29, 1.82) is 0 Å². The second-order valence-electron chi connectivity index (χ2n) is 7.34. The van der Waals surface area contributed by atoms with Crippen LogP contribution in [0.4, 0.5) is 10.1 Å². The average Bonchev–Trinajstić information content (AvgIpc) is 2.75. The van der Waals surface area contributed by atoms with E-state index in [0.717, 1.165) is 39.7 Å². The maximum absolute atomic E-state index is 14.0. The van der Waals surface area contributed by atoms with E-state index in [1.165, 1.54) is 6.07 Å². The fourth-order valence-electron chi connectivity index (χ4n) is 3.90. The molecule has 1 aliphatic heterocycles. The van der Waals surface area contributed by atoms with Gasteiger partial charge in [0.05, 0.1) is 23.9 Å². The normalized spacial score (nSPS) is 13.1. The number of halogens is 1. The van der Waals surface area contributed by atoms with Gasteiger partial charge in [-0.2, -0.15) is 0 Å². The zero-order valence-electron chi connectivity index (χ0n) is 16.1. The van der Waals surface area contributed by atoms with Gasteiger partial charge in [-0.3, -0.25) is 15.0 Å². The molecule has 0 spiro atoms. The molecule has 0 N–H and O–H groups in total. The monoisotopic (exact) mass is 392 g/mol. The Morgan fingerprint density at radius 2 is 1.27 bits per heavy atom. The maximum Gasteiger partial charge on any atom is 0.222 e. The summed E-state index contributed by atoms with van der Waals surface area (Å²) in [5.41, 5.74) is 6.17. The number of hydrogen-bond acceptors (Lipinski definition) is 3. The summed E-state index contributed by atoms with van der Waals surface area (Å²) in [7, 11) is 0. The second-order valence-corrected chi connectivity index (χ2v) is 7.34. The van der Waals surface area contributed by atoms with Crippen molar-refractivity contribution in [2.75, 3.05) is 0 Å². The number of benzene rings is 1. The van der Waals surface area contributed by atoms with Crippen LogP contribution in [0.15, 0.2) is 72.8 Å². The van der Waals surface area contributed by atoms with E-state index < -0.39 is 5.82 Å². The molecule has 4 nitrogen and oxygen atoms in total. The molecule has 0 amide bonds. The molecule has 6 bridgehead atoms. The number of fused-ring (bicyclic) bond motifs is 6. The Bertz CT molecular complexity index is 1230. The summed E-state index contributed by atoms with van der Waals surface area (Å²) in [4.78, 5) is 17.9. The lowest BCUT2D eigenvalue weighted by molar-refractivity contribution is 0.632. The Hall–Kier alpha value is -3.91. The fraction of sp³-hybridized carbons (Fsp3) is 0.120. The molecule has 5 rings (SSSR count). The summed E-state index contributed by atoms with van der Waals surface area (Å²) in [6, 6.07) is 22.5. The van der Waals surface area contributed by atoms with Crippen LogP contribution in [0.3, 0.4) is 0 Å². The predicted octanol–water partition coefficient (Wildman–Crippen LogP) is 5.24. The third-order valence-electron chi connectivity index (χ3n) is 5.26. The summed E-state index contributed by atoms with van der Waals surface area (Å²) in [5, 5.41) is 0. The highest BCUT2D eigenvalue weighted by molar-refractivity contribution is 5.52. The lowest BCUT2D eigenvalue weighted by atomic mass is 9.90. The summed E-state index contributed by atoms with van der Waals surface area (Å²) in [6.07, 6.45) is 1.26. The quantitative estimate of drug-likeness (QED) is 0.367. The van der Waals surface area contributed by atoms with Crippen molar-refractivity contribution in [1.82, 2.24) is 15.0 Å². The van der Waals surface area contributed by atoms with E-state index in [4.69, 9.17) is 21.5 Å². The number of pyridine rings is 3. The number of aromatic nitrogens is 3. The molecule has 1 aliphatic rings. The van der Waals surface area contributed by atoms with Gasteiger partial charge in [0.1, 0.15) is 5.82 Å². The minimum absolute atomic E-state index is 0.00473. The van der Waals surface area contributed by atoms with Crippen molar-refractivity contribution < 1.29 is 4.39 Å². The summed E-state index contributed by atoms with van der Waals surface area (Å²) in [6.45, 7) is 7.29. The van der Waals surface area contributed by atoms with Crippen LogP contribution >= 0.6 is 0 Å². The first-order valence-electron chi connectivity index (χ1n) is 9.73. The third kappa shape index (κ3) is 3.44. The first-order valence-corrected chi connectivity index (χ1v) is 9.73. The van der Waals surface area contributed by atoms with Gasteiger partial charge in [-0.1, -0.05) is 24.3 Å². The van der Waals surface area contributed by atoms with Gasteiger partial charge < -0.3 is 0 Å². The maximum atomic E-state index is 14.0. The van der Waals surface area contributed by atoms with Gasteiger partial charge in [-0.25, -0.2) is 9.24 Å². The van der Waals surface area contributed by atoms with E-state index in [2.05, 4.69) is 4.85 Å². The molecule has 4 aromatic rings. The average molecular weight is 392 g/mol. The molecule has 144 valence electrons. The van der Waals surface area contributed by atoms with Gasteiger partial charge in [0.25, 0.3) is 0 Å². The molecule has 0 saturated heterocycles. The van der Waals surface area contributed by atoms with Gasteiger partial charge in [0.2, 0.25) is 5.69 Å². The van der Waals surface area contributed by atoms with Crippen molar-refractivity contribution in [3.63, 3.8) is 0 Å². The van der Waals surface area contributed by atoms with Crippen LogP contribution in [0.2, 0.25) is 0 Å². The molecular weight excluding hydrogens is 375 g/mol. The zero-order chi connectivity index (χ0) is 20.5. The molecule has 0 unspecified atom stereocenters. The van der Waals surface area contributed by atoms with Crippen LogP contribution in [0, 0.1) is 12.4 Å². The van der Waals surface area contributed by atoms with Crippen molar-refractivity contribution in [2.24, 2.45) is 0 Å². The molecule has 0 fully saturated rings. The van der Waals surface area contributed by atoms with Crippen LogP contribution in [0.1, 0.15) is 45.6 Å². The molecule has 0 atom stereocenters. The molecule has 30 heavy (non-hydrogen) atoms. The van der Waals surface area contributed by atoms with Crippen molar-refractivity contribution in [2.45, 2.75) is 18.8 Å². The van der Waals surface area contributed by atoms with Crippen LogP contribution in [0.25, 0.3) is 4.85 Å². The second kappa shape index (κ2) is 7.49. The number of rotatable bonds is 1. The van der Waals surface area contributed by atoms with Crippen LogP contribution in [-0.4, -0.2) is 15.0 Å². The lowest BCUT2D eigenvalue weighted by Crippen LogP contribution is -2.11. The summed E-state index contributed by atoms with van der Waals surface area (Å²) in [5.74, 6) is -0.813. The van der Waals surface area contributed by atoms with E-state index in [-0.39, 0.29) is 11.6 Å². The molecule has 0 radical (unpaired) electrons. The lowest BCUT2D eigenvalue weighted by Gasteiger charge is -2.20. The first kappa shape index (κ1) is 18.1. The van der Waals surface area contributed by atoms with E-state index in [1.54, 1.807) is 12.1 Å². The van der Waals surface area contributed by atoms with Gasteiger partial charge in [0, 0.05) is 35.6 Å². The van der Waals surface area contributed by atoms with Crippen molar-refractivity contribution in [3.05, 3.63) is 130 Å². The van der Waals surface area contributed by atoms with E-state index >= 15 is 0 Å². The SMILES string of the molecule is [C-]#[N+]c1cc(C2c3cccc(n3)Cc3cccc(n3)Cc3cccc2n3)ccc1F. The van der Waals surface area contributed by atoms with Crippen molar-refractivity contribution >= 4 is 5.69 Å². The van der Waals surface area contributed by atoms with Crippen LogP contribution in [0.5, 0.6) is 0 Å². The van der Waals surface area contributed by atoms with Gasteiger partial charge in [0.15, 0.2) is 0 Å². The topological polar surface area (TPSA) is 43.0 Å². The third-order valence-corrected chi connectivity index (χ3v) is 5.26. The highest BCUT2D eigenvalue weighted by Crippen LogP contribution is 2.33. The molecule has 0 saturated carbocycles. The Labute approximate surface area is 173 Å². The minimum Gasteiger partial charge on any atom is -0.257 e. The van der Waals surface area contributed by atoms with Gasteiger partial charge >= 0.3 is 0 Å². The molecular formula is C25H17FN4. The molecule has 1 aromatic carbocycles. The van der Waals surface area contributed by atoms with Gasteiger partial charge in [-0.15, -0.1) is 0 Å². The van der Waals surface area contributed by atoms with E-state index in [0.29, 0.717) is 12.8 Å². The predicted molar refractivity (Wildman–Crippen MR) is 112 cm³/mol. The van der Waals surface area contributed by atoms with Gasteiger partial charge in [-0.05, 0) is 54.1 Å². The molecule has 0 aliphatic carbocycles. The van der Waals surface area contributed by atoms with E-state index in [9.17, 15) is 4.39 Å². The fourth-order valence-corrected chi connectivity index (χ4v) is 3.90. The summed E-state index contributed by atoms with van der Waals surface area (Å²) < 4.78 is 14.0. The standard InChI is InChI=1S/C25H17FN4/c1-27-24-13-16(11-12-21(24)26)25-22-9-3-7-19(29-22)14-17-5-2-6-18(28-17)15-20-8-4-10-23(25)30-20/h2-13,25H,14-15H2. The Kier molecular flexibility index (Phi) is 4.53. The zero-order valence-corrected chi connectivity index (χ0v) is 16.1. The minimum atomic E-state index is -0.519. The highest BCUT2D eigenvalue weighted by atomic mass is 19.1. The molecule has 4 heterocycles. The smallest absolute Gasteiger partial charge is 0.222 e. The number of hydrogen-bond donors (Lipinski definition) is 0. The highest BCUT2D eigenvalue weighted by Gasteiger charge is 2.22. The Morgan fingerprint density at radius 1 is 0.733 bits per heavy atom. The number of nitrogens with zero attached hydrogens (tertiary/aromatic N) is 4. The van der Waals surface area contributed by atoms with Crippen LogP contribution < -0.4 is 0 Å².